The summed E-state index contributed by atoms with van der Waals surface area (Å²) >= 11 is 1.63. The van der Waals surface area contributed by atoms with Crippen LogP contribution in [0.25, 0.3) is 0 Å². The number of esters is 2. The van der Waals surface area contributed by atoms with Crippen molar-refractivity contribution >= 4 is 23.3 Å². The van der Waals surface area contributed by atoms with Crippen molar-refractivity contribution in [2.75, 3.05) is 13.1 Å². The van der Waals surface area contributed by atoms with Gasteiger partial charge in [-0.2, -0.15) is 11.3 Å². The van der Waals surface area contributed by atoms with E-state index in [0.717, 1.165) is 0 Å². The van der Waals surface area contributed by atoms with Gasteiger partial charge in [-0.25, -0.2) is 0 Å². The maximum atomic E-state index is 11.0. The van der Waals surface area contributed by atoms with Crippen LogP contribution >= 0.6 is 11.3 Å². The summed E-state index contributed by atoms with van der Waals surface area (Å²) < 4.78 is 4.45. The van der Waals surface area contributed by atoms with E-state index in [9.17, 15) is 9.59 Å². The molecular weight excluding hydrogens is 214 g/mol. The summed E-state index contributed by atoms with van der Waals surface area (Å²) in [7, 11) is 0. The maximum absolute atomic E-state index is 11.0. The molecule has 1 aliphatic heterocycles. The number of hydrogen-bond donors (Lipinski definition) is 0. The molecule has 1 aliphatic rings. The van der Waals surface area contributed by atoms with Crippen molar-refractivity contribution in [3.63, 3.8) is 0 Å². The van der Waals surface area contributed by atoms with Crippen LogP contribution in [0.1, 0.15) is 11.1 Å². The highest BCUT2D eigenvalue weighted by molar-refractivity contribution is 7.08. The van der Waals surface area contributed by atoms with E-state index in [1.807, 2.05) is 12.3 Å². The lowest BCUT2D eigenvalue weighted by Gasteiger charge is -2.23. The number of morpholine rings is 1. The van der Waals surface area contributed by atoms with E-state index in [-0.39, 0.29) is 13.1 Å². The van der Waals surface area contributed by atoms with Gasteiger partial charge in [0, 0.05) is 6.54 Å². The van der Waals surface area contributed by atoms with Gasteiger partial charge >= 0.3 is 11.9 Å². The van der Waals surface area contributed by atoms with Gasteiger partial charge in [-0.15, -0.1) is 0 Å². The molecule has 1 saturated heterocycles. The molecule has 0 bridgehead atoms. The Morgan fingerprint density at radius 1 is 1.33 bits per heavy atom. The summed E-state index contributed by atoms with van der Waals surface area (Å²) in [5, 5.41) is 4.10. The van der Waals surface area contributed by atoms with Crippen LogP contribution in [-0.4, -0.2) is 29.9 Å². The standard InChI is InChI=1S/C10H11NO3S/c1-7-5-15-6-8(7)2-11-3-9(12)14-10(13)4-11/h5-6H,2-4H2,1H3. The molecule has 0 saturated carbocycles. The highest BCUT2D eigenvalue weighted by Crippen LogP contribution is 2.16. The summed E-state index contributed by atoms with van der Waals surface area (Å²) in [4.78, 5) is 23.8. The van der Waals surface area contributed by atoms with E-state index in [0.29, 0.717) is 6.54 Å². The fourth-order valence-corrected chi connectivity index (χ4v) is 2.36. The van der Waals surface area contributed by atoms with E-state index in [1.54, 1.807) is 16.2 Å². The summed E-state index contributed by atoms with van der Waals surface area (Å²) in [6.45, 7) is 3.05. The molecule has 15 heavy (non-hydrogen) atoms. The molecule has 0 N–H and O–H groups in total. The zero-order chi connectivity index (χ0) is 10.8. The summed E-state index contributed by atoms with van der Waals surface area (Å²) in [5.41, 5.74) is 2.37. The van der Waals surface area contributed by atoms with Crippen LogP contribution in [0.5, 0.6) is 0 Å². The second-order valence-electron chi connectivity index (χ2n) is 3.57. The molecule has 0 spiro atoms. The summed E-state index contributed by atoms with van der Waals surface area (Å²) in [5.74, 6) is -0.918. The maximum Gasteiger partial charge on any atom is 0.327 e. The van der Waals surface area contributed by atoms with Crippen molar-refractivity contribution < 1.29 is 14.3 Å². The Labute approximate surface area is 91.5 Å². The van der Waals surface area contributed by atoms with Crippen molar-refractivity contribution in [1.29, 1.82) is 0 Å². The molecule has 5 heteroatoms. The molecule has 2 heterocycles. The third-order valence-corrected chi connectivity index (χ3v) is 3.20. The van der Waals surface area contributed by atoms with E-state index in [4.69, 9.17) is 0 Å². The molecule has 4 nitrogen and oxygen atoms in total. The zero-order valence-corrected chi connectivity index (χ0v) is 9.17. The predicted octanol–water partition coefficient (Wildman–Crippen LogP) is 0.942. The Morgan fingerprint density at radius 2 is 2.00 bits per heavy atom. The van der Waals surface area contributed by atoms with Gasteiger partial charge in [0.05, 0.1) is 13.1 Å². The van der Waals surface area contributed by atoms with Gasteiger partial charge in [-0.3, -0.25) is 14.5 Å². The SMILES string of the molecule is Cc1cscc1CN1CC(=O)OC(=O)C1. The van der Waals surface area contributed by atoms with Crippen LogP contribution < -0.4 is 0 Å². The molecule has 1 aromatic rings. The van der Waals surface area contributed by atoms with Crippen LogP contribution in [0.4, 0.5) is 0 Å². The Hall–Kier alpha value is -1.20. The van der Waals surface area contributed by atoms with Crippen molar-refractivity contribution in [3.05, 3.63) is 21.9 Å². The van der Waals surface area contributed by atoms with E-state index < -0.39 is 11.9 Å². The molecule has 80 valence electrons. The minimum atomic E-state index is -0.459. The predicted molar refractivity (Wildman–Crippen MR) is 55.4 cm³/mol. The van der Waals surface area contributed by atoms with Gasteiger partial charge in [0.1, 0.15) is 0 Å². The monoisotopic (exact) mass is 225 g/mol. The van der Waals surface area contributed by atoms with Gasteiger partial charge in [-0.1, -0.05) is 0 Å². The lowest BCUT2D eigenvalue weighted by atomic mass is 10.2. The minimum absolute atomic E-state index is 0.195. The molecule has 0 aliphatic carbocycles. The average Bonchev–Trinajstić information content (AvgIpc) is 2.50. The summed E-state index contributed by atoms with van der Waals surface area (Å²) in [6.07, 6.45) is 0. The first-order chi connectivity index (χ1) is 7.15. The highest BCUT2D eigenvalue weighted by atomic mass is 32.1. The first-order valence-corrected chi connectivity index (χ1v) is 5.57. The molecule has 0 radical (unpaired) electrons. The lowest BCUT2D eigenvalue weighted by molar-refractivity contribution is -0.167. The Balaban J connectivity index is 2.03. The van der Waals surface area contributed by atoms with Crippen LogP contribution in [-0.2, 0) is 20.9 Å². The number of aryl methyl sites for hydroxylation is 1. The molecular formula is C10H11NO3S. The van der Waals surface area contributed by atoms with Crippen LogP contribution in [0.2, 0.25) is 0 Å². The quantitative estimate of drug-likeness (QED) is 0.555. The first-order valence-electron chi connectivity index (χ1n) is 4.62. The van der Waals surface area contributed by atoms with Gasteiger partial charge in [0.2, 0.25) is 0 Å². The first kappa shape index (κ1) is 10.3. The fraction of sp³-hybridized carbons (Fsp3) is 0.400. The van der Waals surface area contributed by atoms with E-state index >= 15 is 0 Å². The average molecular weight is 225 g/mol. The number of carbonyl (C=O) groups excluding carboxylic acids is 2. The van der Waals surface area contributed by atoms with Crippen LogP contribution in [0.3, 0.4) is 0 Å². The topological polar surface area (TPSA) is 46.6 Å². The van der Waals surface area contributed by atoms with Crippen molar-refractivity contribution in [2.45, 2.75) is 13.5 Å². The number of rotatable bonds is 2. The van der Waals surface area contributed by atoms with Gasteiger partial charge < -0.3 is 4.74 Å². The number of nitrogens with zero attached hydrogens (tertiary/aromatic N) is 1. The molecule has 1 fully saturated rings. The van der Waals surface area contributed by atoms with Crippen LogP contribution in [0.15, 0.2) is 10.8 Å². The molecule has 0 aromatic carbocycles. The van der Waals surface area contributed by atoms with Gasteiger partial charge in [0.15, 0.2) is 0 Å². The van der Waals surface area contributed by atoms with E-state index in [1.165, 1.54) is 11.1 Å². The fourth-order valence-electron chi connectivity index (χ4n) is 1.51. The number of cyclic esters (lactones) is 2. The lowest BCUT2D eigenvalue weighted by Crippen LogP contribution is -2.42. The van der Waals surface area contributed by atoms with E-state index in [2.05, 4.69) is 10.1 Å². The number of hydrogen-bond acceptors (Lipinski definition) is 5. The smallest absolute Gasteiger partial charge is 0.327 e. The second kappa shape index (κ2) is 4.12. The Kier molecular flexibility index (Phi) is 2.83. The molecule has 0 unspecified atom stereocenters. The number of carbonyl (C=O) groups is 2. The summed E-state index contributed by atoms with van der Waals surface area (Å²) in [6, 6.07) is 0. The Bertz CT molecular complexity index is 383. The van der Waals surface area contributed by atoms with Crippen molar-refractivity contribution in [3.8, 4) is 0 Å². The second-order valence-corrected chi connectivity index (χ2v) is 4.31. The molecule has 2 rings (SSSR count). The highest BCUT2D eigenvalue weighted by Gasteiger charge is 2.24. The molecule has 1 aromatic heterocycles. The van der Waals surface area contributed by atoms with Gasteiger partial charge in [0.25, 0.3) is 0 Å². The third kappa shape index (κ3) is 2.43. The van der Waals surface area contributed by atoms with Gasteiger partial charge in [-0.05, 0) is 28.8 Å². The molecule has 0 amide bonds. The third-order valence-electron chi connectivity index (χ3n) is 2.29. The normalized spacial score (nSPS) is 17.9. The van der Waals surface area contributed by atoms with Crippen molar-refractivity contribution in [2.24, 2.45) is 0 Å². The largest absolute Gasteiger partial charge is 0.391 e. The van der Waals surface area contributed by atoms with Crippen LogP contribution in [0, 0.1) is 6.92 Å². The zero-order valence-electron chi connectivity index (χ0n) is 8.36. The Morgan fingerprint density at radius 3 is 2.53 bits per heavy atom. The van der Waals surface area contributed by atoms with Crippen molar-refractivity contribution in [1.82, 2.24) is 4.90 Å². The molecule has 0 atom stereocenters. The minimum Gasteiger partial charge on any atom is -0.391 e. The number of ether oxygens (including phenoxy) is 1. The number of thiophene rings is 1.